The van der Waals surface area contributed by atoms with Gasteiger partial charge in [-0.25, -0.2) is 4.79 Å². The van der Waals surface area contributed by atoms with Crippen LogP contribution in [0.4, 0.5) is 13.2 Å². The van der Waals surface area contributed by atoms with E-state index in [-0.39, 0.29) is 11.1 Å². The van der Waals surface area contributed by atoms with Crippen LogP contribution >= 0.6 is 0 Å². The fourth-order valence-electron chi connectivity index (χ4n) is 2.47. The Morgan fingerprint density at radius 2 is 1.74 bits per heavy atom. The number of halogens is 3. The average Bonchev–Trinajstić information content (AvgIpc) is 2.43. The Kier molecular flexibility index (Phi) is 3.27. The first-order valence-electron chi connectivity index (χ1n) is 6.22. The lowest BCUT2D eigenvalue weighted by Gasteiger charge is -2.37. The largest absolute Gasteiger partial charge is 0.589 e. The highest BCUT2D eigenvalue weighted by Crippen LogP contribution is 2.36. The van der Waals surface area contributed by atoms with E-state index >= 15 is 0 Å². The number of hydrogen-bond acceptors (Lipinski definition) is 5. The summed E-state index contributed by atoms with van der Waals surface area (Å²) in [4.78, 5) is 9.63. The van der Waals surface area contributed by atoms with Crippen molar-refractivity contribution in [1.29, 1.82) is 0 Å². The molecule has 2 aromatic rings. The standard InChI is InChI=1S/C13H8F3NO5S/c14-13(15,16)23(20,21)22-17(19)7-9-5-1-3-8-4-2-6-10(11(8)9)12(17)18/h1-6H,7H2. The molecular weight excluding hydrogens is 339 g/mol. The van der Waals surface area contributed by atoms with Crippen LogP contribution in [0.15, 0.2) is 36.4 Å². The monoisotopic (exact) mass is 347 g/mol. The van der Waals surface area contributed by atoms with Gasteiger partial charge in [0.2, 0.25) is 0 Å². The van der Waals surface area contributed by atoms with Gasteiger partial charge in [-0.1, -0.05) is 34.6 Å². The third kappa shape index (κ3) is 2.39. The molecule has 122 valence electrons. The molecule has 1 unspecified atom stereocenters. The number of hydrogen-bond donors (Lipinski definition) is 0. The Morgan fingerprint density at radius 3 is 2.35 bits per heavy atom. The Balaban J connectivity index is 2.14. The second kappa shape index (κ2) is 4.74. The first kappa shape index (κ1) is 15.9. The Morgan fingerprint density at radius 1 is 1.13 bits per heavy atom. The molecule has 0 saturated heterocycles. The van der Waals surface area contributed by atoms with E-state index in [1.807, 2.05) is 0 Å². The van der Waals surface area contributed by atoms with E-state index in [1.54, 1.807) is 18.2 Å². The fourth-order valence-corrected chi connectivity index (χ4v) is 2.99. The molecule has 10 heteroatoms. The normalized spacial score (nSPS) is 21.7. The number of nitrogens with zero attached hydrogens (tertiary/aromatic N) is 1. The zero-order valence-electron chi connectivity index (χ0n) is 11.2. The van der Waals surface area contributed by atoms with Gasteiger partial charge in [0.1, 0.15) is 6.54 Å². The molecule has 1 atom stereocenters. The summed E-state index contributed by atoms with van der Waals surface area (Å²) in [5.41, 5.74) is -5.76. The van der Waals surface area contributed by atoms with E-state index < -0.39 is 32.9 Å². The van der Waals surface area contributed by atoms with E-state index in [1.165, 1.54) is 18.2 Å². The highest BCUT2D eigenvalue weighted by atomic mass is 32.2. The molecular formula is C13H8F3NO5S. The Hall–Kier alpha value is -2.01. The van der Waals surface area contributed by atoms with Gasteiger partial charge in [0.15, 0.2) is 0 Å². The highest BCUT2D eigenvalue weighted by molar-refractivity contribution is 7.87. The van der Waals surface area contributed by atoms with Gasteiger partial charge in [-0.15, -0.1) is 4.81 Å². The summed E-state index contributed by atoms with van der Waals surface area (Å²) in [6.45, 7) is -0.873. The van der Waals surface area contributed by atoms with E-state index in [9.17, 15) is 31.6 Å². The molecule has 2 aromatic carbocycles. The van der Waals surface area contributed by atoms with Gasteiger partial charge >= 0.3 is 21.5 Å². The van der Waals surface area contributed by atoms with Crippen LogP contribution in [-0.2, 0) is 20.9 Å². The van der Waals surface area contributed by atoms with Gasteiger partial charge in [0.05, 0.1) is 5.56 Å². The summed E-state index contributed by atoms with van der Waals surface area (Å²) >= 11 is 0. The molecule has 6 nitrogen and oxygen atoms in total. The first-order chi connectivity index (χ1) is 10.6. The number of benzene rings is 2. The minimum atomic E-state index is -6.22. The summed E-state index contributed by atoms with van der Waals surface area (Å²) in [6, 6.07) is 8.96. The van der Waals surface area contributed by atoms with Gasteiger partial charge < -0.3 is 5.21 Å². The minimum absolute atomic E-state index is 0.184. The molecule has 23 heavy (non-hydrogen) atoms. The third-order valence-corrected chi connectivity index (χ3v) is 4.42. The van der Waals surface area contributed by atoms with Gasteiger partial charge in [-0.05, 0) is 11.5 Å². The van der Waals surface area contributed by atoms with Crippen molar-refractivity contribution in [2.24, 2.45) is 0 Å². The average molecular weight is 347 g/mol. The molecule has 1 amide bonds. The van der Waals surface area contributed by atoms with Crippen molar-refractivity contribution in [2.75, 3.05) is 0 Å². The van der Waals surface area contributed by atoms with Gasteiger partial charge in [-0.3, -0.25) is 0 Å². The predicted octanol–water partition coefficient (Wildman–Crippen LogP) is 2.59. The van der Waals surface area contributed by atoms with Crippen molar-refractivity contribution in [2.45, 2.75) is 12.1 Å². The van der Waals surface area contributed by atoms with Crippen LogP contribution in [0.2, 0.25) is 0 Å². The number of amides is 1. The molecule has 1 aliphatic rings. The van der Waals surface area contributed by atoms with E-state index in [0.717, 1.165) is 0 Å². The van der Waals surface area contributed by atoms with Crippen LogP contribution in [-0.4, -0.2) is 24.6 Å². The molecule has 3 rings (SSSR count). The molecule has 0 bridgehead atoms. The molecule has 0 aromatic heterocycles. The summed E-state index contributed by atoms with van der Waals surface area (Å²) < 4.78 is 63.2. The van der Waals surface area contributed by atoms with Crippen LogP contribution in [0.25, 0.3) is 10.8 Å². The number of rotatable bonds is 2. The van der Waals surface area contributed by atoms with Gasteiger partial charge in [0, 0.05) is 10.9 Å². The molecule has 0 radical (unpaired) electrons. The second-order valence-corrected chi connectivity index (χ2v) is 6.45. The van der Waals surface area contributed by atoms with Crippen LogP contribution < -0.4 is 0 Å². The quantitative estimate of drug-likeness (QED) is 0.474. The second-order valence-electron chi connectivity index (χ2n) is 4.93. The lowest BCUT2D eigenvalue weighted by Crippen LogP contribution is -2.52. The smallest absolute Gasteiger partial charge is 0.528 e. The lowest BCUT2D eigenvalue weighted by molar-refractivity contribution is -0.983. The summed E-state index contributed by atoms with van der Waals surface area (Å²) in [5, 5.41) is 13.4. The highest BCUT2D eigenvalue weighted by Gasteiger charge is 2.54. The molecule has 0 N–H and O–H groups in total. The van der Waals surface area contributed by atoms with Gasteiger partial charge in [0.25, 0.3) is 0 Å². The third-order valence-electron chi connectivity index (χ3n) is 3.41. The Bertz CT molecular complexity index is 920. The van der Waals surface area contributed by atoms with Crippen LogP contribution in [0.5, 0.6) is 0 Å². The molecule has 1 heterocycles. The summed E-state index contributed by atoms with van der Waals surface area (Å²) in [6.07, 6.45) is 0. The number of alkyl halides is 3. The maximum atomic E-state index is 12.4. The molecule has 0 fully saturated rings. The molecule has 0 aliphatic carbocycles. The van der Waals surface area contributed by atoms with Crippen molar-refractivity contribution in [3.05, 3.63) is 52.7 Å². The summed E-state index contributed by atoms with van der Waals surface area (Å²) in [7, 11) is -6.22. The van der Waals surface area contributed by atoms with Gasteiger partial charge in [-0.2, -0.15) is 21.6 Å². The van der Waals surface area contributed by atoms with Crippen molar-refractivity contribution >= 4 is 26.8 Å². The Labute approximate surface area is 127 Å². The molecule has 0 saturated carbocycles. The number of carbonyl (C=O) groups excluding carboxylic acids is 1. The topological polar surface area (TPSA) is 83.5 Å². The number of hydroxylamine groups is 4. The van der Waals surface area contributed by atoms with Crippen LogP contribution in [0.3, 0.4) is 0 Å². The lowest BCUT2D eigenvalue weighted by atomic mass is 9.95. The maximum absolute atomic E-state index is 12.4. The van der Waals surface area contributed by atoms with E-state index in [4.69, 9.17) is 0 Å². The number of quaternary nitrogens is 1. The zero-order chi connectivity index (χ0) is 17.0. The van der Waals surface area contributed by atoms with Crippen LogP contribution in [0, 0.1) is 5.21 Å². The van der Waals surface area contributed by atoms with Crippen molar-refractivity contribution in [3.8, 4) is 0 Å². The van der Waals surface area contributed by atoms with Crippen molar-refractivity contribution in [1.82, 2.24) is 0 Å². The summed E-state index contributed by atoms with van der Waals surface area (Å²) in [5.74, 6) is -1.40. The number of carbonyl (C=O) groups is 1. The van der Waals surface area contributed by atoms with Crippen molar-refractivity contribution in [3.63, 3.8) is 0 Å². The predicted molar refractivity (Wildman–Crippen MR) is 71.7 cm³/mol. The molecule has 1 aliphatic heterocycles. The van der Waals surface area contributed by atoms with Crippen LogP contribution in [0.1, 0.15) is 15.9 Å². The molecule has 0 spiro atoms. The first-order valence-corrected chi connectivity index (χ1v) is 7.63. The van der Waals surface area contributed by atoms with Crippen molar-refractivity contribution < 1.29 is 35.5 Å². The zero-order valence-corrected chi connectivity index (χ0v) is 12.0. The van der Waals surface area contributed by atoms with E-state index in [0.29, 0.717) is 10.8 Å². The fraction of sp³-hybridized carbons (Fsp3) is 0.154. The SMILES string of the molecule is O=C1c2cccc3cccc(c23)C[N+]1([O-])OS(=O)(=O)C(F)(F)F. The maximum Gasteiger partial charge on any atom is 0.528 e. The van der Waals surface area contributed by atoms with E-state index in [2.05, 4.69) is 4.28 Å². The minimum Gasteiger partial charge on any atom is -0.589 e.